The van der Waals surface area contributed by atoms with Gasteiger partial charge >= 0.3 is 0 Å². The highest BCUT2D eigenvalue weighted by atomic mass is 35.5. The summed E-state index contributed by atoms with van der Waals surface area (Å²) >= 11 is 24.6. The summed E-state index contributed by atoms with van der Waals surface area (Å²) in [6.07, 6.45) is 2.63. The van der Waals surface area contributed by atoms with Crippen molar-refractivity contribution in [2.24, 2.45) is 0 Å². The van der Waals surface area contributed by atoms with Crippen molar-refractivity contribution < 1.29 is 18.0 Å². The van der Waals surface area contributed by atoms with Crippen molar-refractivity contribution in [2.75, 3.05) is 23.7 Å². The van der Waals surface area contributed by atoms with E-state index in [2.05, 4.69) is 5.32 Å². The number of hydrogen-bond acceptors (Lipinski definition) is 4. The average Bonchev–Trinajstić information content (AvgIpc) is 2.77. The van der Waals surface area contributed by atoms with Crippen LogP contribution in [-0.2, 0) is 26.2 Å². The molecule has 2 aromatic carbocycles. The number of carbonyl (C=O) groups excluding carboxylic acids is 2. The van der Waals surface area contributed by atoms with E-state index in [1.807, 2.05) is 6.92 Å². The largest absolute Gasteiger partial charge is 0.354 e. The third kappa shape index (κ3) is 8.43. The second-order valence-corrected chi connectivity index (χ2v) is 11.5. The SMILES string of the molecule is CCCCNC(=O)C(C)N(Cc1ccc(Cl)cc1Cl)C(=O)CN(c1cc(Cl)ccc1Cl)S(C)(=O)=O. The fourth-order valence-corrected chi connectivity index (χ4v) is 4.98. The Morgan fingerprint density at radius 2 is 1.63 bits per heavy atom. The quantitative estimate of drug-likeness (QED) is 0.359. The standard InChI is InChI=1S/C23H27Cl4N3O4S/c1-4-5-10-28-23(32)15(2)29(13-16-6-7-17(24)11-20(16)27)22(31)14-30(35(3,33)34)21-12-18(25)8-9-19(21)26/h6-9,11-12,15H,4-5,10,13-14H2,1-3H3,(H,28,32). The Morgan fingerprint density at radius 1 is 1.00 bits per heavy atom. The highest BCUT2D eigenvalue weighted by molar-refractivity contribution is 7.92. The molecule has 0 saturated heterocycles. The Bertz CT molecular complexity index is 1180. The molecule has 12 heteroatoms. The number of carbonyl (C=O) groups is 2. The molecule has 0 fully saturated rings. The lowest BCUT2D eigenvalue weighted by atomic mass is 10.1. The van der Waals surface area contributed by atoms with E-state index in [1.165, 1.54) is 29.2 Å². The Balaban J connectivity index is 2.43. The van der Waals surface area contributed by atoms with E-state index >= 15 is 0 Å². The number of unbranched alkanes of at least 4 members (excludes halogenated alkanes) is 1. The van der Waals surface area contributed by atoms with Crippen LogP contribution >= 0.6 is 46.4 Å². The molecule has 0 radical (unpaired) electrons. The molecule has 0 spiro atoms. The van der Waals surface area contributed by atoms with Gasteiger partial charge in [-0.25, -0.2) is 8.42 Å². The summed E-state index contributed by atoms with van der Waals surface area (Å²) in [5.74, 6) is -1.00. The van der Waals surface area contributed by atoms with Crippen molar-refractivity contribution in [3.8, 4) is 0 Å². The summed E-state index contributed by atoms with van der Waals surface area (Å²) < 4.78 is 26.1. The fourth-order valence-electron chi connectivity index (χ4n) is 3.22. The van der Waals surface area contributed by atoms with E-state index in [0.29, 0.717) is 22.2 Å². The first-order valence-electron chi connectivity index (χ1n) is 10.8. The average molecular weight is 583 g/mol. The summed E-state index contributed by atoms with van der Waals surface area (Å²) in [5.41, 5.74) is 0.601. The number of halogens is 4. The molecule has 2 rings (SSSR count). The van der Waals surface area contributed by atoms with Gasteiger partial charge in [0.25, 0.3) is 0 Å². The van der Waals surface area contributed by atoms with Gasteiger partial charge in [0, 0.05) is 28.2 Å². The molecule has 0 aliphatic carbocycles. The molecule has 0 bridgehead atoms. The smallest absolute Gasteiger partial charge is 0.244 e. The molecule has 192 valence electrons. The number of amides is 2. The van der Waals surface area contributed by atoms with Gasteiger partial charge in [0.05, 0.1) is 17.0 Å². The van der Waals surface area contributed by atoms with Crippen molar-refractivity contribution in [1.82, 2.24) is 10.2 Å². The molecule has 7 nitrogen and oxygen atoms in total. The molecule has 0 saturated carbocycles. The zero-order chi connectivity index (χ0) is 26.3. The van der Waals surface area contributed by atoms with Gasteiger partial charge in [0.1, 0.15) is 12.6 Å². The van der Waals surface area contributed by atoms with Crippen molar-refractivity contribution in [3.63, 3.8) is 0 Å². The van der Waals surface area contributed by atoms with E-state index in [4.69, 9.17) is 46.4 Å². The van der Waals surface area contributed by atoms with Gasteiger partial charge in [0.2, 0.25) is 21.8 Å². The topological polar surface area (TPSA) is 86.8 Å². The maximum absolute atomic E-state index is 13.5. The number of hydrogen-bond donors (Lipinski definition) is 1. The summed E-state index contributed by atoms with van der Waals surface area (Å²) in [6, 6.07) is 8.19. The van der Waals surface area contributed by atoms with Gasteiger partial charge < -0.3 is 10.2 Å². The van der Waals surface area contributed by atoms with Crippen LogP contribution in [0.15, 0.2) is 36.4 Å². The number of nitrogens with zero attached hydrogens (tertiary/aromatic N) is 2. The highest BCUT2D eigenvalue weighted by Crippen LogP contribution is 2.31. The number of sulfonamides is 1. The molecule has 2 amide bonds. The molecule has 2 aromatic rings. The third-order valence-corrected chi connectivity index (χ3v) is 7.48. The first-order valence-corrected chi connectivity index (χ1v) is 14.1. The zero-order valence-corrected chi connectivity index (χ0v) is 23.4. The number of benzene rings is 2. The fraction of sp³-hybridized carbons (Fsp3) is 0.391. The van der Waals surface area contributed by atoms with E-state index in [-0.39, 0.29) is 28.2 Å². The van der Waals surface area contributed by atoms with E-state index in [9.17, 15) is 18.0 Å². The Hall–Kier alpha value is -1.71. The summed E-state index contributed by atoms with van der Waals surface area (Å²) in [4.78, 5) is 27.6. The molecule has 0 aliphatic rings. The Morgan fingerprint density at radius 3 is 2.23 bits per heavy atom. The first kappa shape index (κ1) is 29.5. The van der Waals surface area contributed by atoms with Crippen molar-refractivity contribution in [2.45, 2.75) is 39.3 Å². The second kappa shape index (κ2) is 13.0. The van der Waals surface area contributed by atoms with E-state index in [1.54, 1.807) is 19.1 Å². The molecule has 0 aromatic heterocycles. The van der Waals surface area contributed by atoms with Gasteiger partial charge in [-0.3, -0.25) is 13.9 Å². The number of rotatable bonds is 11. The van der Waals surface area contributed by atoms with Crippen LogP contribution in [0.3, 0.4) is 0 Å². The van der Waals surface area contributed by atoms with Crippen molar-refractivity contribution >= 4 is 73.9 Å². The second-order valence-electron chi connectivity index (χ2n) is 7.94. The van der Waals surface area contributed by atoms with Gasteiger partial charge in [-0.15, -0.1) is 0 Å². The highest BCUT2D eigenvalue weighted by Gasteiger charge is 2.31. The molecular weight excluding hydrogens is 556 g/mol. The lowest BCUT2D eigenvalue weighted by molar-refractivity contribution is -0.139. The van der Waals surface area contributed by atoms with Gasteiger partial charge in [-0.2, -0.15) is 0 Å². The maximum Gasteiger partial charge on any atom is 0.244 e. The maximum atomic E-state index is 13.5. The minimum atomic E-state index is -3.94. The summed E-state index contributed by atoms with van der Waals surface area (Å²) in [6.45, 7) is 3.38. The monoisotopic (exact) mass is 581 g/mol. The van der Waals surface area contributed by atoms with Crippen LogP contribution in [0.5, 0.6) is 0 Å². The zero-order valence-electron chi connectivity index (χ0n) is 19.5. The molecule has 1 atom stereocenters. The lowest BCUT2D eigenvalue weighted by Crippen LogP contribution is -2.51. The van der Waals surface area contributed by atoms with Gasteiger partial charge in [0.15, 0.2) is 0 Å². The molecule has 1 N–H and O–H groups in total. The lowest BCUT2D eigenvalue weighted by Gasteiger charge is -2.32. The number of anilines is 1. The van der Waals surface area contributed by atoms with Crippen molar-refractivity contribution in [1.29, 1.82) is 0 Å². The minimum absolute atomic E-state index is 0.0436. The summed E-state index contributed by atoms with van der Waals surface area (Å²) in [7, 11) is -3.94. The normalized spacial score (nSPS) is 12.2. The minimum Gasteiger partial charge on any atom is -0.354 e. The van der Waals surface area contributed by atoms with Crippen LogP contribution in [0.25, 0.3) is 0 Å². The Labute approximate surface area is 226 Å². The molecule has 1 unspecified atom stereocenters. The Kier molecular flexibility index (Phi) is 11.0. The van der Waals surface area contributed by atoms with Crippen LogP contribution in [-0.4, -0.2) is 50.5 Å². The summed E-state index contributed by atoms with van der Waals surface area (Å²) in [5, 5.41) is 3.88. The molecular formula is C23H27Cl4N3O4S. The van der Waals surface area contributed by atoms with E-state index < -0.39 is 28.5 Å². The van der Waals surface area contributed by atoms with Crippen molar-refractivity contribution in [3.05, 3.63) is 62.1 Å². The molecule has 0 heterocycles. The van der Waals surface area contributed by atoms with Crippen LogP contribution in [0.1, 0.15) is 32.3 Å². The number of nitrogens with one attached hydrogen (secondary N) is 1. The van der Waals surface area contributed by atoms with Crippen LogP contribution < -0.4 is 9.62 Å². The predicted molar refractivity (Wildman–Crippen MR) is 143 cm³/mol. The third-order valence-electron chi connectivity index (χ3n) is 5.21. The van der Waals surface area contributed by atoms with Crippen LogP contribution in [0, 0.1) is 0 Å². The predicted octanol–water partition coefficient (Wildman–Crippen LogP) is 5.40. The van der Waals surface area contributed by atoms with Gasteiger partial charge in [-0.05, 0) is 49.2 Å². The molecule has 35 heavy (non-hydrogen) atoms. The van der Waals surface area contributed by atoms with Gasteiger partial charge in [-0.1, -0.05) is 65.8 Å². The molecule has 0 aliphatic heterocycles. The van der Waals surface area contributed by atoms with Crippen LogP contribution in [0.2, 0.25) is 20.1 Å². The first-order chi connectivity index (χ1) is 16.3. The van der Waals surface area contributed by atoms with E-state index in [0.717, 1.165) is 23.4 Å². The van der Waals surface area contributed by atoms with Crippen LogP contribution in [0.4, 0.5) is 5.69 Å².